The molecule has 2 aromatic rings. The third kappa shape index (κ3) is 5.83. The van der Waals surface area contributed by atoms with Gasteiger partial charge in [0.05, 0.1) is 12.2 Å². The zero-order valence-corrected chi connectivity index (χ0v) is 15.8. The van der Waals surface area contributed by atoms with Crippen LogP contribution < -0.4 is 11.1 Å². The summed E-state index contributed by atoms with van der Waals surface area (Å²) >= 11 is 12.5. The number of imide groups is 1. The fourth-order valence-electron chi connectivity index (χ4n) is 2.16. The Kier molecular flexibility index (Phi) is 6.98. The Morgan fingerprint density at radius 1 is 1.30 bits per heavy atom. The molecule has 142 valence electrons. The molecule has 0 spiro atoms. The molecule has 3 N–H and O–H groups in total. The summed E-state index contributed by atoms with van der Waals surface area (Å²) in [5.41, 5.74) is 6.75. The lowest BCUT2D eigenvalue weighted by Crippen LogP contribution is -2.37. The van der Waals surface area contributed by atoms with Crippen LogP contribution in [0.25, 0.3) is 6.08 Å². The molecule has 0 aliphatic rings. The number of amides is 3. The van der Waals surface area contributed by atoms with Crippen LogP contribution in [-0.2, 0) is 20.9 Å². The van der Waals surface area contributed by atoms with Crippen LogP contribution in [0.1, 0.15) is 16.8 Å². The van der Waals surface area contributed by atoms with Crippen molar-refractivity contribution >= 4 is 47.2 Å². The van der Waals surface area contributed by atoms with Gasteiger partial charge in [-0.15, -0.1) is 0 Å². The maximum Gasteiger partial charge on any atom is 0.331 e. The minimum absolute atomic E-state index is 0.322. The van der Waals surface area contributed by atoms with Gasteiger partial charge in [-0.05, 0) is 24.6 Å². The van der Waals surface area contributed by atoms with Gasteiger partial charge in [-0.25, -0.2) is 14.3 Å². The van der Waals surface area contributed by atoms with Gasteiger partial charge < -0.3 is 10.5 Å². The average Bonchev–Trinajstić information content (AvgIpc) is 2.86. The summed E-state index contributed by atoms with van der Waals surface area (Å²) in [4.78, 5) is 33.4. The van der Waals surface area contributed by atoms with E-state index in [9.17, 15) is 14.4 Å². The Labute approximate surface area is 164 Å². The lowest BCUT2D eigenvalue weighted by molar-refractivity contribution is -0.143. The monoisotopic (exact) mass is 410 g/mol. The maximum atomic E-state index is 11.7. The number of aromatic nitrogens is 2. The van der Waals surface area contributed by atoms with Gasteiger partial charge in [-0.3, -0.25) is 10.1 Å². The number of aryl methyl sites for hydroxylation is 1. The van der Waals surface area contributed by atoms with Crippen molar-refractivity contribution in [2.24, 2.45) is 5.73 Å². The van der Waals surface area contributed by atoms with E-state index in [0.29, 0.717) is 28.0 Å². The molecule has 0 aliphatic heterocycles. The molecule has 0 unspecified atom stereocenters. The molecule has 0 bridgehead atoms. The normalized spacial score (nSPS) is 10.8. The van der Waals surface area contributed by atoms with Gasteiger partial charge in [0, 0.05) is 16.7 Å². The minimum atomic E-state index is -1.03. The molecule has 1 heterocycles. The molecule has 1 aromatic heterocycles. The first-order chi connectivity index (χ1) is 12.8. The van der Waals surface area contributed by atoms with Gasteiger partial charge in [0.2, 0.25) is 0 Å². The Morgan fingerprint density at radius 2 is 2.00 bits per heavy atom. The van der Waals surface area contributed by atoms with Crippen LogP contribution in [0.4, 0.5) is 4.79 Å². The van der Waals surface area contributed by atoms with Crippen molar-refractivity contribution in [3.8, 4) is 0 Å². The number of primary amides is 1. The minimum Gasteiger partial charge on any atom is -0.452 e. The maximum absolute atomic E-state index is 11.7. The SMILES string of the molecule is Cc1nn(Cc2ccccc2Cl)c(Cl)c1C=CC(=O)OCC(=O)NC(N)=O. The Hall–Kier alpha value is -2.84. The van der Waals surface area contributed by atoms with Crippen molar-refractivity contribution in [2.75, 3.05) is 6.61 Å². The summed E-state index contributed by atoms with van der Waals surface area (Å²) in [6, 6.07) is 6.29. The van der Waals surface area contributed by atoms with E-state index >= 15 is 0 Å². The summed E-state index contributed by atoms with van der Waals surface area (Å²) in [5.74, 6) is -1.62. The molecule has 10 heteroatoms. The molecule has 0 saturated heterocycles. The van der Waals surface area contributed by atoms with Crippen molar-refractivity contribution in [3.63, 3.8) is 0 Å². The standard InChI is InChI=1S/C17H16Cl2N4O4/c1-10-12(6-7-15(25)27-9-14(24)21-17(20)26)16(19)23(22-10)8-11-4-2-3-5-13(11)18/h2-7H,8-9H2,1H3,(H3,20,21,24,26). The average molecular weight is 411 g/mol. The second-order valence-corrected chi connectivity index (χ2v) is 6.16. The largest absolute Gasteiger partial charge is 0.452 e. The topological polar surface area (TPSA) is 116 Å². The predicted molar refractivity (Wildman–Crippen MR) is 100 cm³/mol. The summed E-state index contributed by atoms with van der Waals surface area (Å²) < 4.78 is 6.25. The lowest BCUT2D eigenvalue weighted by Gasteiger charge is -2.05. The third-order valence-corrected chi connectivity index (χ3v) is 4.15. The van der Waals surface area contributed by atoms with Gasteiger partial charge in [0.25, 0.3) is 5.91 Å². The molecule has 8 nitrogen and oxygen atoms in total. The van der Waals surface area contributed by atoms with Crippen molar-refractivity contribution in [1.82, 2.24) is 15.1 Å². The molecule has 0 saturated carbocycles. The van der Waals surface area contributed by atoms with E-state index in [1.807, 2.05) is 18.2 Å². The highest BCUT2D eigenvalue weighted by Gasteiger charge is 2.13. The number of halogens is 2. The molecule has 2 rings (SSSR count). The summed E-state index contributed by atoms with van der Waals surface area (Å²) in [5, 5.41) is 7.03. The van der Waals surface area contributed by atoms with E-state index < -0.39 is 24.5 Å². The number of carbonyl (C=O) groups is 3. The molecule has 0 atom stereocenters. The fraction of sp³-hybridized carbons (Fsp3) is 0.176. The highest BCUT2D eigenvalue weighted by molar-refractivity contribution is 6.32. The first-order valence-corrected chi connectivity index (χ1v) is 8.44. The van der Waals surface area contributed by atoms with Crippen molar-refractivity contribution in [2.45, 2.75) is 13.5 Å². The predicted octanol–water partition coefficient (Wildman–Crippen LogP) is 2.30. The molecule has 1 aromatic carbocycles. The van der Waals surface area contributed by atoms with Crippen molar-refractivity contribution in [1.29, 1.82) is 0 Å². The highest BCUT2D eigenvalue weighted by atomic mass is 35.5. The summed E-state index contributed by atoms with van der Waals surface area (Å²) in [6.07, 6.45) is 2.54. The lowest BCUT2D eigenvalue weighted by atomic mass is 10.2. The molecular formula is C17H16Cl2N4O4. The molecule has 0 fully saturated rings. The van der Waals surface area contributed by atoms with E-state index in [4.69, 9.17) is 33.7 Å². The van der Waals surface area contributed by atoms with Gasteiger partial charge in [-0.1, -0.05) is 41.4 Å². The fourth-order valence-corrected chi connectivity index (χ4v) is 2.65. The van der Waals surface area contributed by atoms with Crippen LogP contribution in [0.5, 0.6) is 0 Å². The van der Waals surface area contributed by atoms with Crippen LogP contribution >= 0.6 is 23.2 Å². The van der Waals surface area contributed by atoms with E-state index in [0.717, 1.165) is 11.6 Å². The van der Waals surface area contributed by atoms with E-state index in [2.05, 4.69) is 5.10 Å². The molecular weight excluding hydrogens is 395 g/mol. The van der Waals surface area contributed by atoms with Crippen molar-refractivity contribution in [3.05, 3.63) is 57.3 Å². The smallest absolute Gasteiger partial charge is 0.331 e. The number of hydrogen-bond acceptors (Lipinski definition) is 5. The first-order valence-electron chi connectivity index (χ1n) is 7.68. The number of ether oxygens (including phenoxy) is 1. The Bertz CT molecular complexity index is 908. The van der Waals surface area contributed by atoms with Crippen LogP contribution in [0.15, 0.2) is 30.3 Å². The number of rotatable bonds is 6. The number of benzene rings is 1. The Morgan fingerprint density at radius 3 is 2.67 bits per heavy atom. The zero-order valence-electron chi connectivity index (χ0n) is 14.2. The number of nitrogens with two attached hydrogens (primary N) is 1. The van der Waals surface area contributed by atoms with Gasteiger partial charge in [-0.2, -0.15) is 5.10 Å². The Balaban J connectivity index is 2.04. The van der Waals surface area contributed by atoms with Gasteiger partial charge in [0.15, 0.2) is 6.61 Å². The van der Waals surface area contributed by atoms with E-state index in [-0.39, 0.29) is 0 Å². The van der Waals surface area contributed by atoms with E-state index in [1.165, 1.54) is 6.08 Å². The van der Waals surface area contributed by atoms with Gasteiger partial charge >= 0.3 is 12.0 Å². The van der Waals surface area contributed by atoms with Crippen molar-refractivity contribution < 1.29 is 19.1 Å². The second-order valence-electron chi connectivity index (χ2n) is 5.39. The quantitative estimate of drug-likeness (QED) is 0.559. The van der Waals surface area contributed by atoms with E-state index in [1.54, 1.807) is 23.0 Å². The van der Waals surface area contributed by atoms with Crippen LogP contribution in [0.2, 0.25) is 10.2 Å². The molecule has 3 amide bonds. The second kappa shape index (κ2) is 9.20. The number of hydrogen-bond donors (Lipinski definition) is 2. The molecule has 0 radical (unpaired) electrons. The van der Waals surface area contributed by atoms with Crippen LogP contribution in [0, 0.1) is 6.92 Å². The number of esters is 1. The number of nitrogens with one attached hydrogen (secondary N) is 1. The number of carbonyl (C=O) groups excluding carboxylic acids is 3. The third-order valence-electron chi connectivity index (χ3n) is 3.38. The number of nitrogens with zero attached hydrogens (tertiary/aromatic N) is 2. The first kappa shape index (κ1) is 20.5. The summed E-state index contributed by atoms with van der Waals surface area (Å²) in [6.45, 7) is 1.47. The summed E-state index contributed by atoms with van der Waals surface area (Å²) in [7, 11) is 0. The highest BCUT2D eigenvalue weighted by Crippen LogP contribution is 2.24. The zero-order chi connectivity index (χ0) is 20.0. The molecule has 27 heavy (non-hydrogen) atoms. The number of urea groups is 1. The van der Waals surface area contributed by atoms with Crippen LogP contribution in [0.3, 0.4) is 0 Å². The van der Waals surface area contributed by atoms with Crippen LogP contribution in [-0.4, -0.2) is 34.3 Å². The van der Waals surface area contributed by atoms with Gasteiger partial charge in [0.1, 0.15) is 5.15 Å². The molecule has 0 aliphatic carbocycles.